The normalized spacial score (nSPS) is 15.8. The van der Waals surface area contributed by atoms with E-state index in [1.165, 1.54) is 33.8 Å². The number of cyclic esters (lactones) is 2. The molecule has 0 spiro atoms. The van der Waals surface area contributed by atoms with Gasteiger partial charge >= 0.3 is 47.5 Å². The quantitative estimate of drug-likeness (QED) is 0.00931. The molecule has 4 unspecified atom stereocenters. The van der Waals surface area contributed by atoms with Gasteiger partial charge in [-0.2, -0.15) is 25.7 Å². The van der Waals surface area contributed by atoms with Crippen LogP contribution >= 0.6 is 22.7 Å². The van der Waals surface area contributed by atoms with Crippen molar-refractivity contribution < 1.29 is 106 Å². The number of esters is 3. The van der Waals surface area contributed by atoms with E-state index >= 15 is 0 Å². The minimum absolute atomic E-state index is 0. The Morgan fingerprint density at radius 2 is 0.944 bits per heavy atom. The second kappa shape index (κ2) is 49.7. The summed E-state index contributed by atoms with van der Waals surface area (Å²) in [4.78, 5) is 61.0. The molecule has 29 heteroatoms. The Morgan fingerprint density at radius 3 is 1.36 bits per heavy atom. The van der Waals surface area contributed by atoms with E-state index in [1.54, 1.807) is 13.8 Å². The summed E-state index contributed by atoms with van der Waals surface area (Å²) < 4.78 is 54.2. The number of nitriles is 1. The molecule has 2 saturated carbocycles. The van der Waals surface area contributed by atoms with Gasteiger partial charge in [-0.05, 0) is 116 Å². The summed E-state index contributed by atoms with van der Waals surface area (Å²) in [5.41, 5.74) is 9.73. The smallest absolute Gasteiger partial charge is 0.550 e. The fourth-order valence-electron chi connectivity index (χ4n) is 11.8. The minimum atomic E-state index is -1.18. The average Bonchev–Trinajstić information content (AvgIpc) is 1.08. The van der Waals surface area contributed by atoms with E-state index in [0.29, 0.717) is 185 Å². The number of carboxylic acids is 1. The van der Waals surface area contributed by atoms with Gasteiger partial charge in [0.25, 0.3) is 0 Å². The summed E-state index contributed by atoms with van der Waals surface area (Å²) in [5, 5.41) is 48.1. The molecule has 2 aromatic heterocycles. The summed E-state index contributed by atoms with van der Waals surface area (Å²) in [6, 6.07) is 34.6. The predicted molar refractivity (Wildman–Crippen MR) is 399 cm³/mol. The van der Waals surface area contributed by atoms with Gasteiger partial charge in [-0.25, -0.2) is 14.5 Å². The van der Waals surface area contributed by atoms with Crippen LogP contribution in [0.5, 0.6) is 0 Å². The fourth-order valence-corrected chi connectivity index (χ4v) is 13.5. The van der Waals surface area contributed by atoms with Gasteiger partial charge in [0, 0.05) is 49.4 Å². The third kappa shape index (κ3) is 29.4. The Labute approximate surface area is 656 Å². The monoisotopic (exact) mass is 1510 g/mol. The molecule has 1 saturated heterocycles. The fraction of sp³-hybridized carbons (Fsp3) is 0.487. The summed E-state index contributed by atoms with van der Waals surface area (Å²) in [7, 11) is 0. The number of aliphatic carboxylic acids is 1. The maximum absolute atomic E-state index is 12.3. The van der Waals surface area contributed by atoms with Gasteiger partial charge in [-0.15, -0.1) is 22.7 Å². The van der Waals surface area contributed by atoms with Gasteiger partial charge < -0.3 is 72.2 Å². The second-order valence-electron chi connectivity index (χ2n) is 24.8. The molecule has 2 aliphatic carbocycles. The van der Waals surface area contributed by atoms with E-state index in [1.807, 2.05) is 74.5 Å². The molecule has 3 fully saturated rings. The largest absolute Gasteiger partial charge is 1.00 e. The van der Waals surface area contributed by atoms with Crippen LogP contribution in [0.4, 0.5) is 49.1 Å². The molecular formula is C78H93N10NaO16S2. The SMILES string of the molecule is O=C1OC(=O)C2CCCCC12.[C-]#[N+]c1c(N=Nc2ccc(N(CCOCCOCCOCCOCCOC(=O)C3CCCCC3C(=O)[O-])Cc3ccccc3)cc2C)sc(C#N)c1C.[C-]#[N+]c1sc(N=Nc2ccc(N(CCOCCOCCOCCOCCO)Cc3ccccc3)cc2C)c([N+]#[C-])c1C.[Na+]. The maximum Gasteiger partial charge on any atom is 1.00 e. The molecule has 3 heterocycles. The van der Waals surface area contributed by atoms with Crippen LogP contribution in [0, 0.1) is 82.4 Å². The molecule has 3 aliphatic rings. The molecule has 564 valence electrons. The van der Waals surface area contributed by atoms with Crippen molar-refractivity contribution >= 4 is 95.7 Å². The molecule has 4 aromatic carbocycles. The Morgan fingerprint density at radius 1 is 0.542 bits per heavy atom. The molecule has 0 radical (unpaired) electrons. The Hall–Kier alpha value is -8.24. The molecule has 4 atom stereocenters. The molecule has 6 aromatic rings. The summed E-state index contributed by atoms with van der Waals surface area (Å²) in [6.45, 7) is 39.3. The number of anilines is 2. The number of hydrogen-bond acceptors (Lipinski definition) is 25. The van der Waals surface area contributed by atoms with E-state index in [2.05, 4.69) is 92.0 Å². The number of hydrogen-bond donors (Lipinski definition) is 1. The molecule has 0 bridgehead atoms. The predicted octanol–water partition coefficient (Wildman–Crippen LogP) is 11.2. The number of ether oxygens (including phenoxy) is 10. The molecule has 0 amide bonds. The van der Waals surface area contributed by atoms with Crippen LogP contribution < -0.4 is 44.5 Å². The number of fused-ring (bicyclic) bond motifs is 1. The zero-order valence-corrected chi connectivity index (χ0v) is 65.3. The number of benzene rings is 4. The van der Waals surface area contributed by atoms with Gasteiger partial charge in [-0.3, -0.25) is 14.4 Å². The summed E-state index contributed by atoms with van der Waals surface area (Å²) in [6.07, 6.45) is 6.36. The number of thiophene rings is 2. The third-order valence-electron chi connectivity index (χ3n) is 17.5. The van der Waals surface area contributed by atoms with Gasteiger partial charge in [0.15, 0.2) is 0 Å². The van der Waals surface area contributed by atoms with Crippen molar-refractivity contribution in [2.45, 2.75) is 92.2 Å². The molecule has 26 nitrogen and oxygen atoms in total. The Kier molecular flexibility index (Phi) is 40.7. The standard InChI is InChI=1S/C39H47N5O8S.C31H37N5O5S.C8H10O3.Na/c1-28-25-31(13-14-34(28)42-43-37-36(41-3)29(2)35(26-40)53-37)44(27-30-9-5-4-6-10-30)15-16-48-17-18-49-19-20-50-21-22-51-23-24-52-39(47)33-12-8-7-11-32(33)38(45)46;1-24-22-27(10-11-28(24)34-35-31-29(32-3)25(2)30(33-4)42-31)36(23-26-8-6-5-7-9-26)12-14-38-16-18-40-20-21-41-19-17-39-15-13-37;9-7-5-3-1-2-4-6(5)8(10)11-7;/h4-6,9-10,13-14,25,32-33H,7-8,11-12,15-24,27H2,1-2H3,(H,45,46);5-11,22,37H,12-21,23H2,1-2H3;5-6H,1-4H2;/q;;;+1/p-1. The number of carbonyl (C=O) groups is 4. The molecule has 107 heavy (non-hydrogen) atoms. The van der Waals surface area contributed by atoms with Crippen molar-refractivity contribution in [3.63, 3.8) is 0 Å². The number of aryl methyl sites for hydroxylation is 2. The Balaban J connectivity index is 0.000000294. The first kappa shape index (κ1) is 87.7. The number of azo groups is 2. The Bertz CT molecular complexity index is 3960. The van der Waals surface area contributed by atoms with Crippen molar-refractivity contribution in [3.8, 4) is 6.07 Å². The van der Waals surface area contributed by atoms with Crippen LogP contribution in [0.15, 0.2) is 118 Å². The minimum Gasteiger partial charge on any atom is -0.550 e. The van der Waals surface area contributed by atoms with Crippen molar-refractivity contribution in [2.24, 2.45) is 44.1 Å². The van der Waals surface area contributed by atoms with E-state index in [4.69, 9.17) is 67.5 Å². The number of nitrogens with zero attached hydrogens (tertiary/aromatic N) is 10. The molecule has 9 rings (SSSR count). The van der Waals surface area contributed by atoms with Crippen LogP contribution in [0.25, 0.3) is 14.5 Å². The van der Waals surface area contributed by atoms with E-state index < -0.39 is 23.8 Å². The zero-order valence-electron chi connectivity index (χ0n) is 61.6. The number of aliphatic hydroxyl groups excluding tert-OH is 1. The third-order valence-corrected chi connectivity index (χ3v) is 19.6. The maximum atomic E-state index is 12.3. The van der Waals surface area contributed by atoms with E-state index in [-0.39, 0.29) is 73.2 Å². The first-order chi connectivity index (χ1) is 51.7. The first-order valence-electron chi connectivity index (χ1n) is 35.5. The molecule has 1 N–H and O–H groups in total. The van der Waals surface area contributed by atoms with Crippen LogP contribution in [-0.4, -0.2) is 161 Å². The molecular weight excluding hydrogens is 1420 g/mol. The van der Waals surface area contributed by atoms with Crippen LogP contribution in [0.2, 0.25) is 0 Å². The number of rotatable bonds is 41. The van der Waals surface area contributed by atoms with E-state index in [9.17, 15) is 29.5 Å². The summed E-state index contributed by atoms with van der Waals surface area (Å²) >= 11 is 2.36. The number of carboxylic acid groups (broad SMARTS) is 1. The zero-order chi connectivity index (χ0) is 75.7. The van der Waals surface area contributed by atoms with Crippen molar-refractivity contribution in [3.05, 3.63) is 170 Å². The topological polar surface area (TPSA) is 297 Å². The second-order valence-corrected chi connectivity index (χ2v) is 26.8. The van der Waals surface area contributed by atoms with Gasteiger partial charge in [0.2, 0.25) is 16.4 Å². The number of aliphatic hydroxyl groups is 1. The van der Waals surface area contributed by atoms with Crippen molar-refractivity contribution in [2.75, 3.05) is 142 Å². The summed E-state index contributed by atoms with van der Waals surface area (Å²) in [5.74, 6) is -3.88. The average molecular weight is 1510 g/mol. The van der Waals surface area contributed by atoms with Crippen LogP contribution in [0.1, 0.15) is 89.6 Å². The van der Waals surface area contributed by atoms with Gasteiger partial charge in [0.1, 0.15) is 22.7 Å². The van der Waals surface area contributed by atoms with E-state index in [0.717, 1.165) is 67.6 Å². The molecule has 1 aliphatic heterocycles. The first-order valence-corrected chi connectivity index (χ1v) is 37.1. The van der Waals surface area contributed by atoms with Gasteiger partial charge in [0.05, 0.1) is 166 Å². The van der Waals surface area contributed by atoms with Crippen molar-refractivity contribution in [1.82, 2.24) is 0 Å². The van der Waals surface area contributed by atoms with Crippen molar-refractivity contribution in [1.29, 1.82) is 5.26 Å². The van der Waals surface area contributed by atoms with Crippen LogP contribution in [0.3, 0.4) is 0 Å². The number of carbonyl (C=O) groups excluding carboxylic acids is 4. The van der Waals surface area contributed by atoms with Gasteiger partial charge in [-0.1, -0.05) is 93.3 Å². The van der Waals surface area contributed by atoms with Crippen LogP contribution in [-0.2, 0) is 79.6 Å².